The first kappa shape index (κ1) is 17.7. The minimum atomic E-state index is -4.79. The van der Waals surface area contributed by atoms with Crippen LogP contribution < -0.4 is 0 Å². The van der Waals surface area contributed by atoms with E-state index >= 15 is 0 Å². The molecule has 1 fully saturated rings. The van der Waals surface area contributed by atoms with Crippen molar-refractivity contribution in [3.8, 4) is 0 Å². The first-order chi connectivity index (χ1) is 10.4. The summed E-state index contributed by atoms with van der Waals surface area (Å²) in [5.74, 6) is -2.72. The average Bonchev–Trinajstić information content (AvgIpc) is 2.82. The van der Waals surface area contributed by atoms with E-state index in [1.54, 1.807) is 0 Å². The van der Waals surface area contributed by atoms with Crippen LogP contribution in [-0.4, -0.2) is 36.9 Å². The van der Waals surface area contributed by atoms with Gasteiger partial charge in [-0.2, -0.15) is 17.5 Å². The van der Waals surface area contributed by atoms with Gasteiger partial charge in [-0.1, -0.05) is 0 Å². The molecular weight excluding hydrogens is 342 g/mol. The van der Waals surface area contributed by atoms with E-state index in [2.05, 4.69) is 0 Å². The van der Waals surface area contributed by atoms with Crippen molar-refractivity contribution in [1.29, 1.82) is 0 Å². The minimum Gasteiger partial charge on any atom is -0.481 e. The quantitative estimate of drug-likeness (QED) is 0.845. The van der Waals surface area contributed by atoms with Crippen molar-refractivity contribution in [3.63, 3.8) is 0 Å². The number of hydrogen-bond donors (Lipinski definition) is 1. The third kappa shape index (κ3) is 3.18. The highest BCUT2D eigenvalue weighted by Gasteiger charge is 2.45. The molecule has 1 saturated heterocycles. The Morgan fingerprint density at radius 1 is 1.35 bits per heavy atom. The van der Waals surface area contributed by atoms with Crippen molar-refractivity contribution in [1.82, 2.24) is 4.31 Å². The van der Waals surface area contributed by atoms with Crippen molar-refractivity contribution in [2.24, 2.45) is 5.41 Å². The van der Waals surface area contributed by atoms with Gasteiger partial charge in [-0.05, 0) is 31.5 Å². The number of aliphatic carboxylic acids is 1. The number of carboxylic acids is 1. The van der Waals surface area contributed by atoms with Crippen LogP contribution in [0.1, 0.15) is 18.9 Å². The highest BCUT2D eigenvalue weighted by atomic mass is 32.2. The topological polar surface area (TPSA) is 74.7 Å². The second-order valence-electron chi connectivity index (χ2n) is 5.60. The summed E-state index contributed by atoms with van der Waals surface area (Å²) in [6.45, 7) is 0.838. The molecule has 0 spiro atoms. The molecule has 0 bridgehead atoms. The fraction of sp³-hybridized carbons (Fsp3) is 0.462. The Labute approximate surface area is 129 Å². The third-order valence-corrected chi connectivity index (χ3v) is 5.71. The van der Waals surface area contributed by atoms with Crippen LogP contribution in [0.25, 0.3) is 0 Å². The molecule has 1 atom stereocenters. The molecule has 5 nitrogen and oxygen atoms in total. The van der Waals surface area contributed by atoms with Gasteiger partial charge in [0.25, 0.3) is 0 Å². The van der Waals surface area contributed by atoms with Gasteiger partial charge >= 0.3 is 12.1 Å². The van der Waals surface area contributed by atoms with Gasteiger partial charge < -0.3 is 5.11 Å². The molecule has 0 aromatic heterocycles. The van der Waals surface area contributed by atoms with Gasteiger partial charge in [0.1, 0.15) is 10.7 Å². The number of carbonyl (C=O) groups is 1. The number of benzene rings is 1. The number of nitrogens with zero attached hydrogens (tertiary/aromatic N) is 1. The zero-order chi connectivity index (χ0) is 17.6. The lowest BCUT2D eigenvalue weighted by molar-refractivity contribution is -0.147. The lowest BCUT2D eigenvalue weighted by atomic mass is 9.90. The zero-order valence-corrected chi connectivity index (χ0v) is 12.7. The number of hydrogen-bond acceptors (Lipinski definition) is 3. The Bertz CT molecular complexity index is 747. The molecule has 1 N–H and O–H groups in total. The number of carboxylic acid groups (broad SMARTS) is 1. The number of alkyl halides is 3. The molecular formula is C13H13F4NO4S. The monoisotopic (exact) mass is 355 g/mol. The molecule has 1 aromatic rings. The van der Waals surface area contributed by atoms with Crippen LogP contribution in [-0.2, 0) is 21.0 Å². The standard InChI is InChI=1S/C13H13F4NO4S/c1-12(11(19)20)4-5-18(7-12)23(21,22)10-3-2-8(6-9(10)14)13(15,16)17/h2-3,6H,4-5,7H2,1H3,(H,19,20). The van der Waals surface area contributed by atoms with Gasteiger partial charge in [-0.15, -0.1) is 0 Å². The lowest BCUT2D eigenvalue weighted by Crippen LogP contribution is -2.35. The summed E-state index contributed by atoms with van der Waals surface area (Å²) in [7, 11) is -4.41. The summed E-state index contributed by atoms with van der Waals surface area (Å²) < 4.78 is 76.8. The molecule has 23 heavy (non-hydrogen) atoms. The van der Waals surface area contributed by atoms with Gasteiger partial charge in [0, 0.05) is 13.1 Å². The van der Waals surface area contributed by atoms with E-state index in [9.17, 15) is 30.8 Å². The highest BCUT2D eigenvalue weighted by Crippen LogP contribution is 2.36. The van der Waals surface area contributed by atoms with E-state index in [0.29, 0.717) is 12.1 Å². The first-order valence-electron chi connectivity index (χ1n) is 6.48. The van der Waals surface area contributed by atoms with Gasteiger partial charge in [0.15, 0.2) is 0 Å². The van der Waals surface area contributed by atoms with Gasteiger partial charge in [-0.3, -0.25) is 4.79 Å². The van der Waals surface area contributed by atoms with Crippen molar-refractivity contribution in [2.45, 2.75) is 24.4 Å². The lowest BCUT2D eigenvalue weighted by Gasteiger charge is -2.20. The molecule has 1 aromatic carbocycles. The van der Waals surface area contributed by atoms with Crippen LogP contribution in [0.4, 0.5) is 17.6 Å². The Hall–Kier alpha value is -1.68. The van der Waals surface area contributed by atoms with Crippen LogP contribution in [0.15, 0.2) is 23.1 Å². The van der Waals surface area contributed by atoms with E-state index in [1.165, 1.54) is 6.92 Å². The number of sulfonamides is 1. The fourth-order valence-corrected chi connectivity index (χ4v) is 3.93. The maximum absolute atomic E-state index is 13.9. The first-order valence-corrected chi connectivity index (χ1v) is 7.92. The summed E-state index contributed by atoms with van der Waals surface area (Å²) in [6.07, 6.45) is -4.76. The smallest absolute Gasteiger partial charge is 0.416 e. The van der Waals surface area contributed by atoms with Crippen molar-refractivity contribution in [2.75, 3.05) is 13.1 Å². The second-order valence-corrected chi connectivity index (χ2v) is 7.50. The summed E-state index contributed by atoms with van der Waals surface area (Å²) >= 11 is 0. The molecule has 0 radical (unpaired) electrons. The molecule has 1 unspecified atom stereocenters. The molecule has 0 aliphatic carbocycles. The largest absolute Gasteiger partial charge is 0.481 e. The molecule has 1 aliphatic heterocycles. The summed E-state index contributed by atoms with van der Waals surface area (Å²) in [5.41, 5.74) is -2.61. The van der Waals surface area contributed by atoms with Crippen LogP contribution in [0.3, 0.4) is 0 Å². The van der Waals surface area contributed by atoms with Crippen LogP contribution in [0, 0.1) is 11.2 Å². The van der Waals surface area contributed by atoms with Crippen LogP contribution >= 0.6 is 0 Å². The normalized spacial score (nSPS) is 23.2. The minimum absolute atomic E-state index is 0.0316. The Kier molecular flexibility index (Phi) is 4.18. The molecule has 0 amide bonds. The summed E-state index contributed by atoms with van der Waals surface area (Å²) in [4.78, 5) is 10.2. The number of halogens is 4. The maximum Gasteiger partial charge on any atom is 0.416 e. The molecule has 2 rings (SSSR count). The van der Waals surface area contributed by atoms with E-state index in [1.807, 2.05) is 0 Å². The molecule has 0 saturated carbocycles. The van der Waals surface area contributed by atoms with E-state index in [4.69, 9.17) is 5.11 Å². The van der Waals surface area contributed by atoms with Crippen molar-refractivity contribution < 1.29 is 35.9 Å². The van der Waals surface area contributed by atoms with E-state index in [0.717, 1.165) is 4.31 Å². The predicted molar refractivity (Wildman–Crippen MR) is 70.5 cm³/mol. The number of rotatable bonds is 3. The Morgan fingerprint density at radius 2 is 1.96 bits per heavy atom. The SMILES string of the molecule is CC1(C(=O)O)CCN(S(=O)(=O)c2ccc(C(F)(F)F)cc2F)C1. The van der Waals surface area contributed by atoms with Gasteiger partial charge in [0.2, 0.25) is 10.0 Å². The van der Waals surface area contributed by atoms with Gasteiger partial charge in [0.05, 0.1) is 11.0 Å². The molecule has 10 heteroatoms. The highest BCUT2D eigenvalue weighted by molar-refractivity contribution is 7.89. The van der Waals surface area contributed by atoms with Crippen molar-refractivity contribution >= 4 is 16.0 Å². The van der Waals surface area contributed by atoms with Crippen LogP contribution in [0.2, 0.25) is 0 Å². The molecule has 128 valence electrons. The van der Waals surface area contributed by atoms with Crippen LogP contribution in [0.5, 0.6) is 0 Å². The molecule has 1 heterocycles. The maximum atomic E-state index is 13.9. The summed E-state index contributed by atoms with van der Waals surface area (Å²) in [5, 5.41) is 9.09. The van der Waals surface area contributed by atoms with Crippen molar-refractivity contribution in [3.05, 3.63) is 29.6 Å². The Morgan fingerprint density at radius 3 is 2.39 bits per heavy atom. The van der Waals surface area contributed by atoms with E-state index in [-0.39, 0.29) is 25.6 Å². The second kappa shape index (κ2) is 5.45. The zero-order valence-electron chi connectivity index (χ0n) is 11.9. The molecule has 1 aliphatic rings. The predicted octanol–water partition coefficient (Wildman–Crippen LogP) is 2.33. The Balaban J connectivity index is 2.37. The van der Waals surface area contributed by atoms with E-state index < -0.39 is 43.9 Å². The summed E-state index contributed by atoms with van der Waals surface area (Å²) in [6, 6.07) is 1.13. The fourth-order valence-electron chi connectivity index (χ4n) is 2.32. The average molecular weight is 355 g/mol. The third-order valence-electron chi connectivity index (χ3n) is 3.83. The van der Waals surface area contributed by atoms with Gasteiger partial charge in [-0.25, -0.2) is 12.8 Å².